The minimum absolute atomic E-state index is 0.0708. The summed E-state index contributed by atoms with van der Waals surface area (Å²) in [5, 5.41) is 20.0. The molecular formula is C21H29BrF3NO5. The topological polar surface area (TPSA) is 71.4 Å². The number of halogens is 4. The highest BCUT2D eigenvalue weighted by molar-refractivity contribution is 9.10. The van der Waals surface area contributed by atoms with Crippen LogP contribution in [0, 0.1) is 0 Å². The quantitative estimate of drug-likeness (QED) is 0.629. The third-order valence-corrected chi connectivity index (χ3v) is 6.41. The van der Waals surface area contributed by atoms with Crippen molar-refractivity contribution in [2.75, 3.05) is 26.8 Å². The van der Waals surface area contributed by atoms with Crippen molar-refractivity contribution < 1.29 is 37.6 Å². The van der Waals surface area contributed by atoms with Crippen molar-refractivity contribution in [3.8, 4) is 11.5 Å². The Bertz CT molecular complexity index is 799. The van der Waals surface area contributed by atoms with E-state index in [-0.39, 0.29) is 29.2 Å². The van der Waals surface area contributed by atoms with Crippen molar-refractivity contribution in [1.82, 2.24) is 4.90 Å². The van der Waals surface area contributed by atoms with Gasteiger partial charge >= 0.3 is 6.18 Å². The van der Waals surface area contributed by atoms with Gasteiger partial charge in [0.05, 0.1) is 29.4 Å². The smallest absolute Gasteiger partial charge is 0.417 e. The van der Waals surface area contributed by atoms with Gasteiger partial charge in [0.25, 0.3) is 0 Å². The predicted molar refractivity (Wildman–Crippen MR) is 112 cm³/mol. The lowest BCUT2D eigenvalue weighted by Crippen LogP contribution is -2.53. The zero-order valence-electron chi connectivity index (χ0n) is 18.0. The molecule has 0 radical (unpaired) electrons. The second kappa shape index (κ2) is 9.05. The van der Waals surface area contributed by atoms with Crippen molar-refractivity contribution in [2.45, 2.75) is 69.7 Å². The highest BCUT2D eigenvalue weighted by atomic mass is 79.9. The summed E-state index contributed by atoms with van der Waals surface area (Å²) in [6, 6.07) is 1.68. The summed E-state index contributed by atoms with van der Waals surface area (Å²) < 4.78 is 55.2. The maximum Gasteiger partial charge on any atom is 0.417 e. The largest absolute Gasteiger partial charge is 0.493 e. The monoisotopic (exact) mass is 511 g/mol. The molecule has 4 atom stereocenters. The van der Waals surface area contributed by atoms with Crippen LogP contribution in [0.3, 0.4) is 0 Å². The Morgan fingerprint density at radius 1 is 1.29 bits per heavy atom. The minimum Gasteiger partial charge on any atom is -0.493 e. The van der Waals surface area contributed by atoms with Crippen LogP contribution in [0.5, 0.6) is 11.5 Å². The number of aliphatic hydroxyl groups excluding tert-OH is 2. The Kier molecular flexibility index (Phi) is 7.17. The number of hydrogen-bond acceptors (Lipinski definition) is 6. The van der Waals surface area contributed by atoms with E-state index in [2.05, 4.69) is 20.8 Å². The van der Waals surface area contributed by atoms with Gasteiger partial charge in [-0.05, 0) is 66.7 Å². The molecule has 0 aromatic heterocycles. The number of methoxy groups -OCH3 is 1. The molecule has 2 N–H and O–H groups in total. The van der Waals surface area contributed by atoms with Crippen LogP contribution in [0.25, 0.3) is 0 Å². The predicted octanol–water partition coefficient (Wildman–Crippen LogP) is 3.61. The molecule has 0 bridgehead atoms. The highest BCUT2D eigenvalue weighted by Crippen LogP contribution is 2.47. The Labute approximate surface area is 188 Å². The van der Waals surface area contributed by atoms with Crippen molar-refractivity contribution in [3.63, 3.8) is 0 Å². The molecular weight excluding hydrogens is 483 g/mol. The van der Waals surface area contributed by atoms with Gasteiger partial charge in [0.2, 0.25) is 0 Å². The Balaban J connectivity index is 1.86. The number of ether oxygens (including phenoxy) is 3. The van der Waals surface area contributed by atoms with E-state index in [1.54, 1.807) is 6.07 Å². The van der Waals surface area contributed by atoms with Crippen LogP contribution in [0.1, 0.15) is 44.4 Å². The molecule has 10 heteroatoms. The number of fused-ring (bicyclic) bond motifs is 3. The van der Waals surface area contributed by atoms with Gasteiger partial charge in [0, 0.05) is 19.1 Å². The first kappa shape index (κ1) is 24.6. The summed E-state index contributed by atoms with van der Waals surface area (Å²) in [6.45, 7) is 6.23. The van der Waals surface area contributed by atoms with Crippen LogP contribution >= 0.6 is 15.9 Å². The van der Waals surface area contributed by atoms with Gasteiger partial charge in [-0.15, -0.1) is 0 Å². The molecule has 176 valence electrons. The van der Waals surface area contributed by atoms with E-state index >= 15 is 0 Å². The first-order valence-electron chi connectivity index (χ1n) is 10.2. The van der Waals surface area contributed by atoms with E-state index in [0.717, 1.165) is 11.1 Å². The third-order valence-electron chi connectivity index (χ3n) is 5.57. The van der Waals surface area contributed by atoms with Crippen LogP contribution in [-0.2, 0) is 11.2 Å². The van der Waals surface area contributed by atoms with Crippen molar-refractivity contribution in [2.24, 2.45) is 0 Å². The number of alkyl halides is 3. The van der Waals surface area contributed by atoms with Gasteiger partial charge in [0.1, 0.15) is 6.61 Å². The molecule has 1 saturated heterocycles. The van der Waals surface area contributed by atoms with Gasteiger partial charge in [-0.2, -0.15) is 13.2 Å². The average molecular weight is 512 g/mol. The molecule has 0 unspecified atom stereocenters. The lowest BCUT2D eigenvalue weighted by Gasteiger charge is -2.47. The van der Waals surface area contributed by atoms with Crippen LogP contribution in [0.15, 0.2) is 10.5 Å². The fourth-order valence-corrected chi connectivity index (χ4v) is 4.90. The molecule has 2 aliphatic heterocycles. The zero-order valence-corrected chi connectivity index (χ0v) is 19.6. The van der Waals surface area contributed by atoms with Gasteiger partial charge in [-0.3, -0.25) is 4.90 Å². The third kappa shape index (κ3) is 5.47. The molecule has 0 saturated carbocycles. The molecule has 0 amide bonds. The lowest BCUT2D eigenvalue weighted by atomic mass is 9.84. The molecule has 0 aliphatic carbocycles. The van der Waals surface area contributed by atoms with Crippen LogP contribution in [-0.4, -0.2) is 72.0 Å². The van der Waals surface area contributed by atoms with Gasteiger partial charge in [0.15, 0.2) is 17.6 Å². The van der Waals surface area contributed by atoms with E-state index in [1.165, 1.54) is 7.11 Å². The van der Waals surface area contributed by atoms with Crippen LogP contribution < -0.4 is 9.47 Å². The summed E-state index contributed by atoms with van der Waals surface area (Å²) in [7, 11) is 1.41. The standard InChI is InChI=1S/C21H29BrF3NO5/c1-20(2,3)31-16-9-26-6-5-11-12(13(26)8-14(16)27)7-15(29-4)19(18(11)22)30-10-17(28)21(23,24)25/h7,13-14,16-17,27-28H,5-6,8-10H2,1-4H3/t13-,14-,16-,17-/m1/s1. The average Bonchev–Trinajstić information content (AvgIpc) is 2.65. The minimum atomic E-state index is -4.77. The first-order valence-corrected chi connectivity index (χ1v) is 11.0. The Hall–Kier alpha value is -1.07. The second-order valence-corrected chi connectivity index (χ2v) is 9.78. The maximum atomic E-state index is 12.7. The number of rotatable bonds is 5. The zero-order chi connectivity index (χ0) is 23.1. The van der Waals surface area contributed by atoms with E-state index in [1.807, 2.05) is 20.8 Å². The fourth-order valence-electron chi connectivity index (χ4n) is 4.17. The summed E-state index contributed by atoms with van der Waals surface area (Å²) in [5.41, 5.74) is 1.47. The van der Waals surface area contributed by atoms with Crippen LogP contribution in [0.2, 0.25) is 0 Å². The molecule has 3 rings (SSSR count). The SMILES string of the molecule is COc1cc2c(c(Br)c1OC[C@@H](O)C(F)(F)F)CCN1C[C@@H](OC(C)(C)C)[C@H](O)C[C@H]21. The summed E-state index contributed by atoms with van der Waals surface area (Å²) in [6.07, 6.45) is -7.19. The number of nitrogens with zero attached hydrogens (tertiary/aromatic N) is 1. The van der Waals surface area contributed by atoms with Gasteiger partial charge in [-0.25, -0.2) is 0 Å². The van der Waals surface area contributed by atoms with E-state index in [9.17, 15) is 23.4 Å². The summed E-state index contributed by atoms with van der Waals surface area (Å²) >= 11 is 3.47. The van der Waals surface area contributed by atoms with Crippen LogP contribution in [0.4, 0.5) is 13.2 Å². The highest BCUT2D eigenvalue weighted by Gasteiger charge is 2.42. The van der Waals surface area contributed by atoms with E-state index < -0.39 is 25.0 Å². The Morgan fingerprint density at radius 2 is 1.97 bits per heavy atom. The van der Waals surface area contributed by atoms with Gasteiger partial charge in [-0.1, -0.05) is 0 Å². The molecule has 2 heterocycles. The normalized spacial score (nSPS) is 25.5. The van der Waals surface area contributed by atoms with Gasteiger partial charge < -0.3 is 24.4 Å². The molecule has 2 aliphatic rings. The summed E-state index contributed by atoms with van der Waals surface area (Å²) in [4.78, 5) is 2.26. The molecule has 1 fully saturated rings. The number of aliphatic hydroxyl groups is 2. The molecule has 1 aromatic rings. The maximum absolute atomic E-state index is 12.7. The Morgan fingerprint density at radius 3 is 2.55 bits per heavy atom. The lowest BCUT2D eigenvalue weighted by molar-refractivity contribution is -0.210. The van der Waals surface area contributed by atoms with E-state index in [0.29, 0.717) is 30.4 Å². The van der Waals surface area contributed by atoms with Crippen molar-refractivity contribution in [3.05, 3.63) is 21.7 Å². The van der Waals surface area contributed by atoms with Crippen molar-refractivity contribution in [1.29, 1.82) is 0 Å². The molecule has 6 nitrogen and oxygen atoms in total. The fraction of sp³-hybridized carbons (Fsp3) is 0.714. The molecule has 31 heavy (non-hydrogen) atoms. The summed E-state index contributed by atoms with van der Waals surface area (Å²) in [5.74, 6) is 0.396. The van der Waals surface area contributed by atoms with Crippen molar-refractivity contribution >= 4 is 15.9 Å². The number of piperidine rings is 1. The second-order valence-electron chi connectivity index (χ2n) is 8.99. The first-order chi connectivity index (χ1) is 14.3. The van der Waals surface area contributed by atoms with E-state index in [4.69, 9.17) is 14.2 Å². The number of hydrogen-bond donors (Lipinski definition) is 2. The molecule has 0 spiro atoms. The number of benzene rings is 1. The molecule has 1 aromatic carbocycles.